The fourth-order valence-electron chi connectivity index (χ4n) is 2.15. The monoisotopic (exact) mass is 287 g/mol. The van der Waals surface area contributed by atoms with E-state index in [9.17, 15) is 20.0 Å². The predicted molar refractivity (Wildman–Crippen MR) is 74.6 cm³/mol. The van der Waals surface area contributed by atoms with Crippen molar-refractivity contribution in [3.63, 3.8) is 0 Å². The molecule has 0 spiro atoms. The van der Waals surface area contributed by atoms with E-state index in [-0.39, 0.29) is 16.8 Å². The van der Waals surface area contributed by atoms with Crippen molar-refractivity contribution in [2.75, 3.05) is 7.11 Å². The second-order valence-electron chi connectivity index (χ2n) is 4.34. The normalized spacial score (nSPS) is 13.2. The Labute approximate surface area is 120 Å². The summed E-state index contributed by atoms with van der Waals surface area (Å²) in [6.45, 7) is 0. The molecule has 0 aliphatic heterocycles. The molecular weight excluding hydrogens is 274 g/mol. The Kier molecular flexibility index (Phi) is 4.00. The fourth-order valence-corrected chi connectivity index (χ4v) is 2.15. The van der Waals surface area contributed by atoms with Crippen molar-refractivity contribution in [1.29, 1.82) is 0 Å². The van der Waals surface area contributed by atoms with Crippen LogP contribution in [0.2, 0.25) is 0 Å². The van der Waals surface area contributed by atoms with Gasteiger partial charge in [0.1, 0.15) is 0 Å². The van der Waals surface area contributed by atoms with E-state index in [1.165, 1.54) is 36.4 Å². The molecule has 0 heterocycles. The molecule has 0 amide bonds. The molecule has 1 atom stereocenters. The van der Waals surface area contributed by atoms with Gasteiger partial charge < -0.3 is 9.84 Å². The minimum absolute atomic E-state index is 0.131. The summed E-state index contributed by atoms with van der Waals surface area (Å²) in [6.07, 6.45) is 0. The van der Waals surface area contributed by atoms with Gasteiger partial charge in [-0.15, -0.1) is 0 Å². The highest BCUT2D eigenvalue weighted by Gasteiger charge is 2.45. The molecule has 0 fully saturated rings. The molecule has 0 saturated heterocycles. The summed E-state index contributed by atoms with van der Waals surface area (Å²) in [5.41, 5.74) is -2.52. The molecule has 0 aliphatic carbocycles. The molecule has 21 heavy (non-hydrogen) atoms. The molecule has 2 aromatic carbocycles. The zero-order valence-electron chi connectivity index (χ0n) is 11.2. The van der Waals surface area contributed by atoms with Gasteiger partial charge in [-0.05, 0) is 11.6 Å². The summed E-state index contributed by atoms with van der Waals surface area (Å²) in [5, 5.41) is 22.0. The Balaban J connectivity index is 2.74. The standard InChI is InChI=1S/C15H13NO5/c1-21-14(17)15(18,11-7-3-2-4-8-11)12-9-5-6-10-13(12)16(19)20/h2-10,18H,1H3. The number of rotatable bonds is 4. The van der Waals surface area contributed by atoms with Gasteiger partial charge in [0, 0.05) is 6.07 Å². The highest BCUT2D eigenvalue weighted by Crippen LogP contribution is 2.36. The fraction of sp³-hybridized carbons (Fsp3) is 0.133. The molecule has 0 radical (unpaired) electrons. The second-order valence-corrected chi connectivity index (χ2v) is 4.34. The van der Waals surface area contributed by atoms with Crippen LogP contribution in [0, 0.1) is 10.1 Å². The van der Waals surface area contributed by atoms with Gasteiger partial charge in [0.05, 0.1) is 17.6 Å². The Morgan fingerprint density at radius 1 is 1.14 bits per heavy atom. The number of nitro benzene ring substituents is 1. The summed E-state index contributed by atoms with van der Waals surface area (Å²) in [6, 6.07) is 13.5. The zero-order valence-corrected chi connectivity index (χ0v) is 11.2. The van der Waals surface area contributed by atoms with Crippen LogP contribution >= 0.6 is 0 Å². The number of aliphatic hydroxyl groups is 1. The van der Waals surface area contributed by atoms with Crippen molar-refractivity contribution in [3.8, 4) is 0 Å². The summed E-state index contributed by atoms with van der Waals surface area (Å²) < 4.78 is 4.65. The van der Waals surface area contributed by atoms with Crippen molar-refractivity contribution >= 4 is 11.7 Å². The summed E-state index contributed by atoms with van der Waals surface area (Å²) >= 11 is 0. The van der Waals surface area contributed by atoms with Crippen LogP contribution in [0.5, 0.6) is 0 Å². The minimum atomic E-state index is -2.24. The number of nitro groups is 1. The van der Waals surface area contributed by atoms with E-state index in [1.54, 1.807) is 18.2 Å². The van der Waals surface area contributed by atoms with E-state index in [1.807, 2.05) is 0 Å². The molecule has 0 aliphatic rings. The Bertz CT molecular complexity index is 671. The predicted octanol–water partition coefficient (Wildman–Crippen LogP) is 2.00. The van der Waals surface area contributed by atoms with E-state index in [0.29, 0.717) is 0 Å². The molecule has 108 valence electrons. The van der Waals surface area contributed by atoms with E-state index in [4.69, 9.17) is 0 Å². The van der Waals surface area contributed by atoms with Gasteiger partial charge in [0.25, 0.3) is 5.69 Å². The topological polar surface area (TPSA) is 89.7 Å². The van der Waals surface area contributed by atoms with Gasteiger partial charge in [-0.1, -0.05) is 42.5 Å². The number of methoxy groups -OCH3 is 1. The molecule has 6 nitrogen and oxygen atoms in total. The maximum absolute atomic E-state index is 12.1. The number of benzene rings is 2. The van der Waals surface area contributed by atoms with Crippen LogP contribution in [0.25, 0.3) is 0 Å². The first-order valence-corrected chi connectivity index (χ1v) is 6.12. The Morgan fingerprint density at radius 3 is 2.29 bits per heavy atom. The molecule has 1 N–H and O–H groups in total. The van der Waals surface area contributed by atoms with E-state index >= 15 is 0 Å². The first-order valence-electron chi connectivity index (χ1n) is 6.12. The number of para-hydroxylation sites is 1. The van der Waals surface area contributed by atoms with Crippen molar-refractivity contribution in [2.45, 2.75) is 5.60 Å². The maximum atomic E-state index is 12.1. The molecule has 1 unspecified atom stereocenters. The van der Waals surface area contributed by atoms with Crippen LogP contribution in [0.15, 0.2) is 54.6 Å². The van der Waals surface area contributed by atoms with E-state index < -0.39 is 16.5 Å². The second kappa shape index (κ2) is 5.72. The van der Waals surface area contributed by atoms with E-state index in [0.717, 1.165) is 7.11 Å². The van der Waals surface area contributed by atoms with Crippen LogP contribution in [-0.2, 0) is 15.1 Å². The van der Waals surface area contributed by atoms with E-state index in [2.05, 4.69) is 4.74 Å². The van der Waals surface area contributed by atoms with Crippen molar-refractivity contribution in [1.82, 2.24) is 0 Å². The highest BCUT2D eigenvalue weighted by molar-refractivity contribution is 5.86. The lowest BCUT2D eigenvalue weighted by atomic mass is 9.85. The Hall–Kier alpha value is -2.73. The van der Waals surface area contributed by atoms with Crippen LogP contribution < -0.4 is 0 Å². The number of carbonyl (C=O) groups is 1. The SMILES string of the molecule is COC(=O)C(O)(c1ccccc1)c1ccccc1[N+](=O)[O-]. The maximum Gasteiger partial charge on any atom is 0.347 e. The van der Waals surface area contributed by atoms with Gasteiger partial charge in [0.2, 0.25) is 5.60 Å². The van der Waals surface area contributed by atoms with Crippen LogP contribution in [0.3, 0.4) is 0 Å². The Morgan fingerprint density at radius 2 is 1.71 bits per heavy atom. The summed E-state index contributed by atoms with van der Waals surface area (Å²) in [5.74, 6) is -0.983. The van der Waals surface area contributed by atoms with Crippen molar-refractivity contribution < 1.29 is 19.6 Å². The largest absolute Gasteiger partial charge is 0.466 e. The molecule has 0 bridgehead atoms. The van der Waals surface area contributed by atoms with Gasteiger partial charge in [-0.3, -0.25) is 10.1 Å². The number of hydrogen-bond acceptors (Lipinski definition) is 5. The lowest BCUT2D eigenvalue weighted by Crippen LogP contribution is -2.38. The van der Waals surface area contributed by atoms with Gasteiger partial charge in [0.15, 0.2) is 0 Å². The third-order valence-corrected chi connectivity index (χ3v) is 3.16. The van der Waals surface area contributed by atoms with Crippen LogP contribution in [0.1, 0.15) is 11.1 Å². The molecule has 0 aromatic heterocycles. The summed E-state index contributed by atoms with van der Waals surface area (Å²) in [7, 11) is 1.12. The smallest absolute Gasteiger partial charge is 0.347 e. The highest BCUT2D eigenvalue weighted by atomic mass is 16.6. The first kappa shape index (κ1) is 14.7. The lowest BCUT2D eigenvalue weighted by molar-refractivity contribution is -0.386. The zero-order chi connectivity index (χ0) is 15.5. The molecule has 0 saturated carbocycles. The molecule has 2 aromatic rings. The van der Waals surface area contributed by atoms with Gasteiger partial charge >= 0.3 is 5.97 Å². The average Bonchev–Trinajstić information content (AvgIpc) is 2.54. The third kappa shape index (κ3) is 2.48. The molecular formula is C15H13NO5. The van der Waals surface area contributed by atoms with Crippen LogP contribution in [0.4, 0.5) is 5.69 Å². The third-order valence-electron chi connectivity index (χ3n) is 3.16. The summed E-state index contributed by atoms with van der Waals surface area (Å²) in [4.78, 5) is 22.6. The lowest BCUT2D eigenvalue weighted by Gasteiger charge is -2.25. The molecule has 6 heteroatoms. The van der Waals surface area contributed by atoms with Gasteiger partial charge in [-0.2, -0.15) is 0 Å². The quantitative estimate of drug-likeness (QED) is 0.527. The van der Waals surface area contributed by atoms with Crippen LogP contribution in [-0.4, -0.2) is 23.1 Å². The van der Waals surface area contributed by atoms with Crippen molar-refractivity contribution in [2.24, 2.45) is 0 Å². The first-order chi connectivity index (χ1) is 10.0. The molecule has 2 rings (SSSR count). The minimum Gasteiger partial charge on any atom is -0.466 e. The number of nitrogens with zero attached hydrogens (tertiary/aromatic N) is 1. The van der Waals surface area contributed by atoms with Crippen molar-refractivity contribution in [3.05, 3.63) is 75.8 Å². The number of esters is 1. The number of ether oxygens (including phenoxy) is 1. The van der Waals surface area contributed by atoms with Gasteiger partial charge in [-0.25, -0.2) is 4.79 Å². The number of hydrogen-bond donors (Lipinski definition) is 1. The number of carbonyl (C=O) groups excluding carboxylic acids is 1. The average molecular weight is 287 g/mol.